The minimum Gasteiger partial charge on any atom is -0.453 e. The molecule has 282 valence electrons. The minimum atomic E-state index is -0.682. The molecule has 0 aliphatic carbocycles. The maximum Gasteiger partial charge on any atom is 0.412 e. The Bertz CT molecular complexity index is 2150. The molecule has 2 aliphatic heterocycles. The molecule has 0 spiro atoms. The zero-order valence-electron chi connectivity index (χ0n) is 31.5. The van der Waals surface area contributed by atoms with E-state index in [1.807, 2.05) is 45.7 Å². The van der Waals surface area contributed by atoms with Crippen LogP contribution in [0.3, 0.4) is 0 Å². The van der Waals surface area contributed by atoms with E-state index in [4.69, 9.17) is 19.2 Å². The molecule has 13 heteroatoms. The smallest absolute Gasteiger partial charge is 0.412 e. The van der Waals surface area contributed by atoms with Crippen LogP contribution in [0, 0.1) is 5.92 Å². The number of methoxy groups -OCH3 is 1. The Balaban J connectivity index is 1.03. The van der Waals surface area contributed by atoms with Gasteiger partial charge in [-0.2, -0.15) is 0 Å². The lowest BCUT2D eigenvalue weighted by molar-refractivity contribution is -0.135. The first kappa shape index (κ1) is 36.7. The van der Waals surface area contributed by atoms with E-state index in [-0.39, 0.29) is 30.6 Å². The van der Waals surface area contributed by atoms with Gasteiger partial charge in [-0.05, 0) is 79.1 Å². The minimum absolute atomic E-state index is 0.0998. The summed E-state index contributed by atoms with van der Waals surface area (Å²) in [5, 5.41) is 4.90. The number of alkyl carbamates (subject to hydrolysis) is 1. The molecule has 54 heavy (non-hydrogen) atoms. The Morgan fingerprint density at radius 2 is 1.43 bits per heavy atom. The predicted octanol–water partition coefficient (Wildman–Crippen LogP) is 7.60. The highest BCUT2D eigenvalue weighted by Gasteiger charge is 2.38. The number of benzene rings is 3. The molecule has 3 aromatic carbocycles. The summed E-state index contributed by atoms with van der Waals surface area (Å²) >= 11 is 0. The van der Waals surface area contributed by atoms with Gasteiger partial charge in [-0.1, -0.05) is 62.4 Å². The van der Waals surface area contributed by atoms with Gasteiger partial charge in [0, 0.05) is 12.1 Å². The topological polar surface area (TPSA) is 155 Å². The highest BCUT2D eigenvalue weighted by molar-refractivity contribution is 5.91. The molecule has 7 rings (SSSR count). The number of likely N-dealkylation sites (tertiary alicyclic amines) is 1. The van der Waals surface area contributed by atoms with Gasteiger partial charge in [0.1, 0.15) is 36.1 Å². The number of nitrogens with zero attached hydrogens (tertiary/aromatic N) is 4. The number of nitrogens with one attached hydrogen (secondary N) is 3. The fraction of sp³-hybridized carbons (Fsp3) is 0.390. The Kier molecular flexibility index (Phi) is 10.2. The van der Waals surface area contributed by atoms with Crippen LogP contribution in [0.4, 0.5) is 9.59 Å². The molecular formula is C41H47N7O6. The number of hydrogen-bond acceptors (Lipinski definition) is 8. The summed E-state index contributed by atoms with van der Waals surface area (Å²) in [5.74, 6) is 1.15. The molecule has 2 aliphatic rings. The van der Waals surface area contributed by atoms with E-state index in [2.05, 4.69) is 80.9 Å². The van der Waals surface area contributed by atoms with Gasteiger partial charge in [0.2, 0.25) is 5.91 Å². The number of ether oxygens (including phenoxy) is 3. The lowest BCUT2D eigenvalue weighted by Crippen LogP contribution is -2.51. The van der Waals surface area contributed by atoms with Crippen LogP contribution in [0.5, 0.6) is 0 Å². The van der Waals surface area contributed by atoms with Gasteiger partial charge in [-0.15, -0.1) is 0 Å². The fourth-order valence-corrected chi connectivity index (χ4v) is 7.10. The van der Waals surface area contributed by atoms with E-state index in [0.29, 0.717) is 19.0 Å². The molecule has 2 aromatic heterocycles. The molecule has 13 nitrogen and oxygen atoms in total. The molecule has 3 amide bonds. The van der Waals surface area contributed by atoms with Crippen molar-refractivity contribution in [3.05, 3.63) is 84.7 Å². The first-order valence-corrected chi connectivity index (χ1v) is 18.4. The van der Waals surface area contributed by atoms with Crippen molar-refractivity contribution in [3.8, 4) is 33.6 Å². The molecule has 2 fully saturated rings. The van der Waals surface area contributed by atoms with Crippen LogP contribution >= 0.6 is 0 Å². The summed E-state index contributed by atoms with van der Waals surface area (Å²) in [4.78, 5) is 57.8. The summed E-state index contributed by atoms with van der Waals surface area (Å²) in [6.07, 6.45) is 4.20. The number of H-pyrrole nitrogens is 2. The van der Waals surface area contributed by atoms with E-state index >= 15 is 0 Å². The highest BCUT2D eigenvalue weighted by atomic mass is 16.6. The monoisotopic (exact) mass is 733 g/mol. The molecule has 3 N–H and O–H groups in total. The summed E-state index contributed by atoms with van der Waals surface area (Å²) in [7, 11) is 1.29. The van der Waals surface area contributed by atoms with Crippen LogP contribution in [-0.4, -0.2) is 86.5 Å². The van der Waals surface area contributed by atoms with Gasteiger partial charge in [-0.3, -0.25) is 9.69 Å². The van der Waals surface area contributed by atoms with Crippen molar-refractivity contribution in [1.82, 2.24) is 35.1 Å². The van der Waals surface area contributed by atoms with Crippen molar-refractivity contribution in [2.24, 2.45) is 5.92 Å². The van der Waals surface area contributed by atoms with Gasteiger partial charge >= 0.3 is 12.2 Å². The number of imidazole rings is 2. The number of carbonyl (C=O) groups is 3. The van der Waals surface area contributed by atoms with E-state index in [1.54, 1.807) is 11.1 Å². The molecule has 0 saturated carbocycles. The molecular weight excluding hydrogens is 686 g/mol. The Morgan fingerprint density at radius 1 is 0.833 bits per heavy atom. The van der Waals surface area contributed by atoms with Gasteiger partial charge < -0.3 is 34.4 Å². The number of rotatable bonds is 8. The van der Waals surface area contributed by atoms with E-state index in [0.717, 1.165) is 63.1 Å². The van der Waals surface area contributed by atoms with Gasteiger partial charge in [-0.25, -0.2) is 19.6 Å². The van der Waals surface area contributed by atoms with Gasteiger partial charge in [0.15, 0.2) is 0 Å². The second-order valence-electron chi connectivity index (χ2n) is 15.2. The molecule has 3 atom stereocenters. The number of aromatic amines is 2. The first-order valence-electron chi connectivity index (χ1n) is 18.4. The Morgan fingerprint density at radius 3 is 2.07 bits per heavy atom. The van der Waals surface area contributed by atoms with Crippen LogP contribution < -0.4 is 5.32 Å². The summed E-state index contributed by atoms with van der Waals surface area (Å²) < 4.78 is 15.9. The van der Waals surface area contributed by atoms with Crippen molar-refractivity contribution in [2.75, 3.05) is 27.0 Å². The summed E-state index contributed by atoms with van der Waals surface area (Å²) in [5.41, 5.74) is 5.28. The van der Waals surface area contributed by atoms with Crippen LogP contribution in [0.15, 0.2) is 73.1 Å². The van der Waals surface area contributed by atoms with Gasteiger partial charge in [0.05, 0.1) is 43.5 Å². The number of amides is 3. The highest BCUT2D eigenvalue weighted by Crippen LogP contribution is 2.35. The normalized spacial score (nSPS) is 18.0. The molecule has 0 bridgehead atoms. The predicted molar refractivity (Wildman–Crippen MR) is 204 cm³/mol. The van der Waals surface area contributed by atoms with E-state index in [9.17, 15) is 14.4 Å². The SMILES string of the molecule is COC(=O)N[C@H](C(=O)N1CCC[C@H]1c1ncc(-c2ccc3cc(-c4ccc(-c5cnc(C6COCN6C(=O)OC(C)(C)C)[nH]5)cc4)ccc3c2)[nH]1)C(C)C. The zero-order valence-corrected chi connectivity index (χ0v) is 31.5. The van der Waals surface area contributed by atoms with Crippen molar-refractivity contribution < 1.29 is 28.6 Å². The molecule has 1 unspecified atom stereocenters. The second kappa shape index (κ2) is 15.0. The van der Waals surface area contributed by atoms with Crippen LogP contribution in [0.2, 0.25) is 0 Å². The van der Waals surface area contributed by atoms with Crippen molar-refractivity contribution in [3.63, 3.8) is 0 Å². The van der Waals surface area contributed by atoms with Crippen molar-refractivity contribution in [1.29, 1.82) is 0 Å². The molecule has 2 saturated heterocycles. The second-order valence-corrected chi connectivity index (χ2v) is 15.2. The maximum absolute atomic E-state index is 13.6. The lowest BCUT2D eigenvalue weighted by atomic mass is 9.98. The molecule has 0 radical (unpaired) electrons. The zero-order chi connectivity index (χ0) is 38.1. The average Bonchev–Trinajstić information content (AvgIpc) is 3.98. The summed E-state index contributed by atoms with van der Waals surface area (Å²) in [6, 6.07) is 19.8. The van der Waals surface area contributed by atoms with E-state index < -0.39 is 23.8 Å². The summed E-state index contributed by atoms with van der Waals surface area (Å²) in [6.45, 7) is 10.4. The van der Waals surface area contributed by atoms with Crippen LogP contribution in [0.25, 0.3) is 44.4 Å². The number of hydrogen-bond donors (Lipinski definition) is 3. The Hall–Kier alpha value is -5.69. The third-order valence-corrected chi connectivity index (χ3v) is 9.94. The lowest BCUT2D eigenvalue weighted by Gasteiger charge is -2.30. The van der Waals surface area contributed by atoms with Crippen molar-refractivity contribution >= 4 is 28.9 Å². The first-order chi connectivity index (χ1) is 25.9. The standard InChI is InChI=1S/C41H47N7O6/c1-24(2)35(46-39(50)52-6)38(49)47-17-7-8-33(47)36-42-21-32(45-36)30-16-15-28-18-27(13-14-29(28)19-30)25-9-11-26(12-10-25)31-20-43-37(44-31)34-22-53-23-48(34)40(51)54-41(3,4)5/h9-16,18-21,24,33-35H,7-8,17,22-23H2,1-6H3,(H,42,45)(H,43,44)(H,46,50)/t33-,34?,35-/m0/s1. The van der Waals surface area contributed by atoms with E-state index in [1.165, 1.54) is 7.11 Å². The maximum atomic E-state index is 13.6. The fourth-order valence-electron chi connectivity index (χ4n) is 7.10. The quantitative estimate of drug-likeness (QED) is 0.147. The van der Waals surface area contributed by atoms with Crippen molar-refractivity contribution in [2.45, 2.75) is 71.2 Å². The van der Waals surface area contributed by atoms with Gasteiger partial charge in [0.25, 0.3) is 0 Å². The average molecular weight is 734 g/mol. The Labute approximate surface area is 314 Å². The van der Waals surface area contributed by atoms with Crippen LogP contribution in [-0.2, 0) is 19.0 Å². The third kappa shape index (κ3) is 7.67. The number of carbonyl (C=O) groups excluding carboxylic acids is 3. The number of aromatic nitrogens is 4. The molecule has 4 heterocycles. The largest absolute Gasteiger partial charge is 0.453 e. The number of fused-ring (bicyclic) bond motifs is 1. The molecule has 5 aromatic rings. The van der Waals surface area contributed by atoms with Crippen LogP contribution in [0.1, 0.15) is 71.2 Å². The third-order valence-electron chi connectivity index (χ3n) is 9.94.